The molecule has 1 aliphatic rings. The van der Waals surface area contributed by atoms with E-state index in [0.29, 0.717) is 6.42 Å². The molecule has 0 spiro atoms. The maximum absolute atomic E-state index is 12.3. The topological polar surface area (TPSA) is 59.2 Å². The molecule has 2 heterocycles. The lowest BCUT2D eigenvalue weighted by atomic mass is 9.96. The molecule has 4 heteroatoms. The van der Waals surface area contributed by atoms with Gasteiger partial charge in [-0.05, 0) is 50.8 Å². The number of nitrogens with zero attached hydrogens (tertiary/aromatic N) is 2. The third-order valence-corrected chi connectivity index (χ3v) is 4.17. The molecule has 1 fully saturated rings. The van der Waals surface area contributed by atoms with Crippen LogP contribution in [0.4, 0.5) is 0 Å². The summed E-state index contributed by atoms with van der Waals surface area (Å²) in [4.78, 5) is 18.2. The van der Waals surface area contributed by atoms with E-state index in [9.17, 15) is 4.79 Å². The van der Waals surface area contributed by atoms with Crippen LogP contribution in [0.15, 0.2) is 24.5 Å². The van der Waals surface area contributed by atoms with Crippen molar-refractivity contribution in [3.05, 3.63) is 30.1 Å². The van der Waals surface area contributed by atoms with Gasteiger partial charge < -0.3 is 10.6 Å². The second-order valence-electron chi connectivity index (χ2n) is 5.80. The third-order valence-electron chi connectivity index (χ3n) is 4.17. The van der Waals surface area contributed by atoms with Crippen LogP contribution in [-0.4, -0.2) is 33.9 Å². The zero-order chi connectivity index (χ0) is 13.9. The van der Waals surface area contributed by atoms with Crippen LogP contribution < -0.4 is 5.73 Å². The zero-order valence-corrected chi connectivity index (χ0v) is 11.8. The average molecular weight is 261 g/mol. The van der Waals surface area contributed by atoms with Gasteiger partial charge in [0, 0.05) is 31.4 Å². The average Bonchev–Trinajstić information content (AvgIpc) is 2.65. The molecule has 19 heavy (non-hydrogen) atoms. The molecule has 0 aliphatic carbocycles. The van der Waals surface area contributed by atoms with Crippen molar-refractivity contribution in [3.63, 3.8) is 0 Å². The Hall–Kier alpha value is -1.42. The highest BCUT2D eigenvalue weighted by atomic mass is 16.2. The quantitative estimate of drug-likeness (QED) is 0.898. The van der Waals surface area contributed by atoms with Crippen LogP contribution in [0.1, 0.15) is 38.7 Å². The van der Waals surface area contributed by atoms with Crippen LogP contribution in [-0.2, 0) is 11.2 Å². The van der Waals surface area contributed by atoms with Crippen molar-refractivity contribution in [2.45, 2.75) is 51.1 Å². The Morgan fingerprint density at radius 3 is 2.74 bits per heavy atom. The first-order chi connectivity index (χ1) is 9.01. The van der Waals surface area contributed by atoms with Gasteiger partial charge in [0.1, 0.15) is 0 Å². The molecule has 1 unspecified atom stereocenters. The van der Waals surface area contributed by atoms with Gasteiger partial charge in [-0.2, -0.15) is 0 Å². The van der Waals surface area contributed by atoms with Crippen LogP contribution in [0.3, 0.4) is 0 Å². The number of aryl methyl sites for hydroxylation is 1. The molecule has 0 aromatic carbocycles. The minimum Gasteiger partial charge on any atom is -0.336 e. The molecule has 2 N–H and O–H groups in total. The number of nitrogens with two attached hydrogens (primary N) is 1. The predicted octanol–water partition coefficient (Wildman–Crippen LogP) is 1.74. The van der Waals surface area contributed by atoms with E-state index in [2.05, 4.69) is 18.8 Å². The summed E-state index contributed by atoms with van der Waals surface area (Å²) in [6.07, 6.45) is 6.89. The number of carbonyl (C=O) groups is 1. The van der Waals surface area contributed by atoms with Crippen molar-refractivity contribution in [1.82, 2.24) is 9.88 Å². The van der Waals surface area contributed by atoms with Gasteiger partial charge in [0.15, 0.2) is 0 Å². The Balaban J connectivity index is 1.82. The first-order valence-corrected chi connectivity index (χ1v) is 6.97. The lowest BCUT2D eigenvalue weighted by Crippen LogP contribution is -2.51. The monoisotopic (exact) mass is 261 g/mol. The standard InChI is InChI=1S/C15H23N3O/c1-15(2)13(16)8-11-18(15)14(19)5-3-4-12-6-9-17-10-7-12/h6-7,9-10,13H,3-5,8,11,16H2,1-2H3. The summed E-state index contributed by atoms with van der Waals surface area (Å²) in [7, 11) is 0. The highest BCUT2D eigenvalue weighted by Crippen LogP contribution is 2.28. The Kier molecular flexibility index (Phi) is 4.20. The van der Waals surface area contributed by atoms with Crippen LogP contribution in [0.25, 0.3) is 0 Å². The van der Waals surface area contributed by atoms with Gasteiger partial charge in [0.2, 0.25) is 5.91 Å². The molecule has 0 radical (unpaired) electrons. The van der Waals surface area contributed by atoms with Crippen molar-refractivity contribution in [3.8, 4) is 0 Å². The van der Waals surface area contributed by atoms with Crippen LogP contribution in [0.2, 0.25) is 0 Å². The van der Waals surface area contributed by atoms with Crippen LogP contribution >= 0.6 is 0 Å². The van der Waals surface area contributed by atoms with Gasteiger partial charge in [-0.25, -0.2) is 0 Å². The maximum atomic E-state index is 12.3. The lowest BCUT2D eigenvalue weighted by Gasteiger charge is -2.34. The molecule has 0 saturated carbocycles. The number of hydrogen-bond acceptors (Lipinski definition) is 3. The summed E-state index contributed by atoms with van der Waals surface area (Å²) in [6.45, 7) is 4.92. The fourth-order valence-corrected chi connectivity index (χ4v) is 2.68. The summed E-state index contributed by atoms with van der Waals surface area (Å²) >= 11 is 0. The maximum Gasteiger partial charge on any atom is 0.223 e. The number of rotatable bonds is 4. The smallest absolute Gasteiger partial charge is 0.223 e. The summed E-state index contributed by atoms with van der Waals surface area (Å²) < 4.78 is 0. The van der Waals surface area contributed by atoms with Gasteiger partial charge in [-0.1, -0.05) is 0 Å². The van der Waals surface area contributed by atoms with E-state index >= 15 is 0 Å². The van der Waals surface area contributed by atoms with E-state index in [1.807, 2.05) is 17.0 Å². The van der Waals surface area contributed by atoms with E-state index in [-0.39, 0.29) is 17.5 Å². The fourth-order valence-electron chi connectivity index (χ4n) is 2.68. The van der Waals surface area contributed by atoms with Crippen molar-refractivity contribution in [2.75, 3.05) is 6.54 Å². The minimum absolute atomic E-state index is 0.0941. The van der Waals surface area contributed by atoms with Crippen molar-refractivity contribution >= 4 is 5.91 Å². The molecule has 104 valence electrons. The summed E-state index contributed by atoms with van der Waals surface area (Å²) in [5.41, 5.74) is 7.10. The SMILES string of the molecule is CC1(C)C(N)CCN1C(=O)CCCc1ccncc1. The van der Waals surface area contributed by atoms with Crippen molar-refractivity contribution in [2.24, 2.45) is 5.73 Å². The van der Waals surface area contributed by atoms with Crippen LogP contribution in [0.5, 0.6) is 0 Å². The molecule has 4 nitrogen and oxygen atoms in total. The first kappa shape index (κ1) is 14.0. The summed E-state index contributed by atoms with van der Waals surface area (Å²) in [6, 6.07) is 4.09. The van der Waals surface area contributed by atoms with E-state index in [1.165, 1.54) is 5.56 Å². The van der Waals surface area contributed by atoms with Gasteiger partial charge in [0.05, 0.1) is 5.54 Å². The molecule has 0 bridgehead atoms. The van der Waals surface area contributed by atoms with Gasteiger partial charge in [-0.3, -0.25) is 9.78 Å². The molecular formula is C15H23N3O. The minimum atomic E-state index is -0.201. The van der Waals surface area contributed by atoms with Gasteiger partial charge >= 0.3 is 0 Å². The Morgan fingerprint density at radius 2 is 2.16 bits per heavy atom. The summed E-state index contributed by atoms with van der Waals surface area (Å²) in [5.74, 6) is 0.229. The Labute approximate surface area is 115 Å². The summed E-state index contributed by atoms with van der Waals surface area (Å²) in [5, 5.41) is 0. The van der Waals surface area contributed by atoms with Crippen molar-refractivity contribution < 1.29 is 4.79 Å². The van der Waals surface area contributed by atoms with Gasteiger partial charge in [-0.15, -0.1) is 0 Å². The normalized spacial score (nSPS) is 21.6. The fraction of sp³-hybridized carbons (Fsp3) is 0.600. The van der Waals surface area contributed by atoms with E-state index in [4.69, 9.17) is 5.73 Å². The molecule has 1 aromatic rings. The second kappa shape index (κ2) is 5.70. The van der Waals surface area contributed by atoms with E-state index in [0.717, 1.165) is 25.8 Å². The third kappa shape index (κ3) is 3.13. The Morgan fingerprint density at radius 1 is 1.47 bits per heavy atom. The molecule has 1 aromatic heterocycles. The first-order valence-electron chi connectivity index (χ1n) is 6.97. The van der Waals surface area contributed by atoms with Crippen LogP contribution in [0, 0.1) is 0 Å². The Bertz CT molecular complexity index is 430. The molecule has 2 rings (SSSR count). The second-order valence-corrected chi connectivity index (χ2v) is 5.80. The zero-order valence-electron chi connectivity index (χ0n) is 11.8. The number of carbonyl (C=O) groups excluding carboxylic acids is 1. The number of likely N-dealkylation sites (tertiary alicyclic amines) is 1. The van der Waals surface area contributed by atoms with E-state index < -0.39 is 0 Å². The van der Waals surface area contributed by atoms with E-state index in [1.54, 1.807) is 12.4 Å². The number of pyridine rings is 1. The largest absolute Gasteiger partial charge is 0.336 e. The highest BCUT2D eigenvalue weighted by Gasteiger charge is 2.41. The predicted molar refractivity (Wildman–Crippen MR) is 75.6 cm³/mol. The molecule has 1 saturated heterocycles. The molecular weight excluding hydrogens is 238 g/mol. The molecule has 1 atom stereocenters. The number of amides is 1. The van der Waals surface area contributed by atoms with Crippen molar-refractivity contribution in [1.29, 1.82) is 0 Å². The van der Waals surface area contributed by atoms with Gasteiger partial charge in [0.25, 0.3) is 0 Å². The molecule has 1 aliphatic heterocycles. The lowest BCUT2D eigenvalue weighted by molar-refractivity contribution is -0.134. The molecule has 1 amide bonds. The number of aromatic nitrogens is 1. The highest BCUT2D eigenvalue weighted by molar-refractivity contribution is 5.77. The number of hydrogen-bond donors (Lipinski definition) is 1.